The summed E-state index contributed by atoms with van der Waals surface area (Å²) in [6.07, 6.45) is -2.38. The number of nitrogens with two attached hydrogens (primary N) is 1. The van der Waals surface area contributed by atoms with Gasteiger partial charge in [0.1, 0.15) is 6.07 Å². The summed E-state index contributed by atoms with van der Waals surface area (Å²) in [5, 5.41) is 10.1. The van der Waals surface area contributed by atoms with Gasteiger partial charge in [-0.1, -0.05) is 0 Å². The van der Waals surface area contributed by atoms with Crippen LogP contribution in [0.3, 0.4) is 0 Å². The highest BCUT2D eigenvalue weighted by atomic mass is 32.1. The zero-order valence-corrected chi connectivity index (χ0v) is 7.52. The second-order valence-electron chi connectivity index (χ2n) is 2.62. The molecular weight excluding hydrogens is 194 g/mol. The van der Waals surface area contributed by atoms with E-state index in [-0.39, 0.29) is 6.42 Å². The standard InChI is InChI=1S/C8H8F2N2S/c9-8(10)7(12)2-6-1-5(3-11)4-13-6/h1,4,7-8H,2,12H2. The van der Waals surface area contributed by atoms with Crippen LogP contribution in [0.15, 0.2) is 11.4 Å². The molecule has 0 aliphatic heterocycles. The van der Waals surface area contributed by atoms with E-state index in [1.807, 2.05) is 6.07 Å². The van der Waals surface area contributed by atoms with Crippen LogP contribution in [0.4, 0.5) is 8.78 Å². The van der Waals surface area contributed by atoms with E-state index in [4.69, 9.17) is 11.0 Å². The van der Waals surface area contributed by atoms with Gasteiger partial charge < -0.3 is 5.73 Å². The van der Waals surface area contributed by atoms with Gasteiger partial charge in [-0.25, -0.2) is 8.78 Å². The van der Waals surface area contributed by atoms with Crippen LogP contribution in [0.5, 0.6) is 0 Å². The topological polar surface area (TPSA) is 49.8 Å². The summed E-state index contributed by atoms with van der Waals surface area (Å²) in [6, 6.07) is 2.39. The van der Waals surface area contributed by atoms with E-state index >= 15 is 0 Å². The lowest BCUT2D eigenvalue weighted by molar-refractivity contribution is 0.116. The highest BCUT2D eigenvalue weighted by Gasteiger charge is 2.16. The van der Waals surface area contributed by atoms with Crippen molar-refractivity contribution in [2.75, 3.05) is 0 Å². The Morgan fingerprint density at radius 2 is 2.31 bits per heavy atom. The van der Waals surface area contributed by atoms with Gasteiger partial charge in [0.25, 0.3) is 6.43 Å². The van der Waals surface area contributed by atoms with Crippen LogP contribution < -0.4 is 5.73 Å². The van der Waals surface area contributed by atoms with E-state index in [0.29, 0.717) is 5.56 Å². The molecule has 70 valence electrons. The minimum atomic E-state index is -2.51. The quantitative estimate of drug-likeness (QED) is 0.811. The van der Waals surface area contributed by atoms with E-state index in [1.165, 1.54) is 11.3 Å². The summed E-state index contributed by atoms with van der Waals surface area (Å²) in [5.41, 5.74) is 5.67. The molecule has 1 rings (SSSR count). The van der Waals surface area contributed by atoms with Gasteiger partial charge in [0.2, 0.25) is 0 Å². The van der Waals surface area contributed by atoms with Crippen molar-refractivity contribution in [3.05, 3.63) is 21.9 Å². The Labute approximate surface area is 78.6 Å². The normalized spacial score (nSPS) is 12.8. The van der Waals surface area contributed by atoms with Gasteiger partial charge in [-0.15, -0.1) is 11.3 Å². The van der Waals surface area contributed by atoms with E-state index < -0.39 is 12.5 Å². The third-order valence-corrected chi connectivity index (χ3v) is 2.50. The smallest absolute Gasteiger partial charge is 0.253 e. The minimum absolute atomic E-state index is 0.129. The van der Waals surface area contributed by atoms with E-state index in [1.54, 1.807) is 11.4 Å². The van der Waals surface area contributed by atoms with Gasteiger partial charge in [-0.2, -0.15) is 5.26 Å². The summed E-state index contributed by atoms with van der Waals surface area (Å²) in [7, 11) is 0. The largest absolute Gasteiger partial charge is 0.323 e. The third kappa shape index (κ3) is 2.76. The fraction of sp³-hybridized carbons (Fsp3) is 0.375. The van der Waals surface area contributed by atoms with Crippen molar-refractivity contribution in [3.8, 4) is 6.07 Å². The van der Waals surface area contributed by atoms with Crippen LogP contribution in [0.1, 0.15) is 10.4 Å². The molecule has 0 saturated heterocycles. The average Bonchev–Trinajstić information content (AvgIpc) is 2.52. The summed E-state index contributed by atoms with van der Waals surface area (Å²) in [5.74, 6) is 0. The van der Waals surface area contributed by atoms with Crippen molar-refractivity contribution in [2.45, 2.75) is 18.9 Å². The van der Waals surface area contributed by atoms with Crippen molar-refractivity contribution in [3.63, 3.8) is 0 Å². The average molecular weight is 202 g/mol. The van der Waals surface area contributed by atoms with Crippen LogP contribution in [-0.4, -0.2) is 12.5 Å². The Morgan fingerprint density at radius 3 is 2.77 bits per heavy atom. The van der Waals surface area contributed by atoms with Gasteiger partial charge in [-0.05, 0) is 6.07 Å². The maximum absolute atomic E-state index is 12.0. The van der Waals surface area contributed by atoms with Gasteiger partial charge in [0.15, 0.2) is 0 Å². The lowest BCUT2D eigenvalue weighted by Crippen LogP contribution is -2.30. The minimum Gasteiger partial charge on any atom is -0.323 e. The molecule has 13 heavy (non-hydrogen) atoms. The molecule has 0 aliphatic carbocycles. The highest BCUT2D eigenvalue weighted by molar-refractivity contribution is 7.10. The fourth-order valence-corrected chi connectivity index (χ4v) is 1.75. The van der Waals surface area contributed by atoms with Crippen LogP contribution in [0.25, 0.3) is 0 Å². The number of hydrogen-bond acceptors (Lipinski definition) is 3. The summed E-state index contributed by atoms with van der Waals surface area (Å²) in [4.78, 5) is 0.726. The molecule has 1 aromatic rings. The molecular formula is C8H8F2N2S. The Kier molecular flexibility index (Phi) is 3.34. The molecule has 1 aromatic heterocycles. The molecule has 5 heteroatoms. The lowest BCUT2D eigenvalue weighted by atomic mass is 10.2. The maximum atomic E-state index is 12.0. The first-order chi connectivity index (χ1) is 6.13. The summed E-state index contributed by atoms with van der Waals surface area (Å²) in [6.45, 7) is 0. The molecule has 1 atom stereocenters. The summed E-state index contributed by atoms with van der Waals surface area (Å²) < 4.78 is 24.0. The number of nitriles is 1. The van der Waals surface area contributed by atoms with Gasteiger partial charge >= 0.3 is 0 Å². The summed E-state index contributed by atoms with van der Waals surface area (Å²) >= 11 is 1.28. The third-order valence-electron chi connectivity index (χ3n) is 1.54. The number of hydrogen-bond donors (Lipinski definition) is 1. The maximum Gasteiger partial charge on any atom is 0.253 e. The predicted molar refractivity (Wildman–Crippen MR) is 46.7 cm³/mol. The van der Waals surface area contributed by atoms with Crippen molar-refractivity contribution < 1.29 is 8.78 Å². The first-order valence-corrected chi connectivity index (χ1v) is 4.52. The number of alkyl halides is 2. The first kappa shape index (κ1) is 10.1. The van der Waals surface area contributed by atoms with Gasteiger partial charge in [0, 0.05) is 16.7 Å². The number of nitrogens with zero attached hydrogens (tertiary/aromatic N) is 1. The molecule has 0 radical (unpaired) electrons. The highest BCUT2D eigenvalue weighted by Crippen LogP contribution is 2.16. The van der Waals surface area contributed by atoms with Gasteiger partial charge in [0.05, 0.1) is 11.6 Å². The molecule has 0 spiro atoms. The molecule has 0 amide bonds. The molecule has 2 nitrogen and oxygen atoms in total. The molecule has 1 heterocycles. The second-order valence-corrected chi connectivity index (χ2v) is 3.61. The monoisotopic (exact) mass is 202 g/mol. The molecule has 0 aromatic carbocycles. The fourth-order valence-electron chi connectivity index (χ4n) is 0.868. The zero-order valence-electron chi connectivity index (χ0n) is 6.71. The first-order valence-electron chi connectivity index (χ1n) is 3.64. The molecule has 0 saturated carbocycles. The Morgan fingerprint density at radius 1 is 1.62 bits per heavy atom. The molecule has 0 fully saturated rings. The van der Waals surface area contributed by atoms with Crippen LogP contribution in [0.2, 0.25) is 0 Å². The zero-order chi connectivity index (χ0) is 9.84. The van der Waals surface area contributed by atoms with E-state index in [9.17, 15) is 8.78 Å². The van der Waals surface area contributed by atoms with Crippen LogP contribution in [-0.2, 0) is 6.42 Å². The van der Waals surface area contributed by atoms with Crippen molar-refractivity contribution in [1.29, 1.82) is 5.26 Å². The van der Waals surface area contributed by atoms with Crippen LogP contribution in [0, 0.1) is 11.3 Å². The number of rotatable bonds is 3. The molecule has 2 N–H and O–H groups in total. The van der Waals surface area contributed by atoms with Gasteiger partial charge in [-0.3, -0.25) is 0 Å². The Bertz CT molecular complexity index is 316. The number of halogens is 2. The lowest BCUT2D eigenvalue weighted by Gasteiger charge is -2.07. The Balaban J connectivity index is 2.60. The van der Waals surface area contributed by atoms with E-state index in [0.717, 1.165) is 4.88 Å². The second kappa shape index (κ2) is 4.30. The predicted octanol–water partition coefficient (Wildman–Crippen LogP) is 1.75. The number of thiophene rings is 1. The Hall–Kier alpha value is -0.990. The molecule has 0 bridgehead atoms. The van der Waals surface area contributed by atoms with Crippen molar-refractivity contribution in [1.82, 2.24) is 0 Å². The van der Waals surface area contributed by atoms with Crippen molar-refractivity contribution >= 4 is 11.3 Å². The molecule has 1 unspecified atom stereocenters. The SMILES string of the molecule is N#Cc1csc(CC(N)C(F)F)c1. The van der Waals surface area contributed by atoms with Crippen molar-refractivity contribution in [2.24, 2.45) is 5.73 Å². The van der Waals surface area contributed by atoms with E-state index in [2.05, 4.69) is 0 Å². The molecule has 0 aliphatic rings. The van der Waals surface area contributed by atoms with Crippen LogP contribution >= 0.6 is 11.3 Å².